The Morgan fingerprint density at radius 2 is 1.66 bits per heavy atom. The monoisotopic (exact) mass is 698 g/mol. The van der Waals surface area contributed by atoms with Gasteiger partial charge < -0.3 is 10.1 Å². The Bertz CT molecular complexity index is 1250. The van der Waals surface area contributed by atoms with Crippen LogP contribution in [-0.4, -0.2) is 34.6 Å². The fourth-order valence-electron chi connectivity index (χ4n) is 4.22. The van der Waals surface area contributed by atoms with Gasteiger partial charge in [0.05, 0.1) is 12.1 Å². The minimum absolute atomic E-state index is 0. The first-order valence-electron chi connectivity index (χ1n) is 10.3. The molecule has 0 unspecified atom stereocenters. The second-order valence-corrected chi connectivity index (χ2v) is 27.4. The van der Waals surface area contributed by atoms with Gasteiger partial charge in [0.1, 0.15) is 5.75 Å². The molecule has 2 N–H and O–H groups in total. The van der Waals surface area contributed by atoms with Crippen LogP contribution in [0.15, 0.2) is 36.7 Å². The largest absolute Gasteiger partial charge is 1.00 e. The van der Waals surface area contributed by atoms with Crippen molar-refractivity contribution in [1.29, 1.82) is 0 Å². The maximum Gasteiger partial charge on any atom is 1.00 e. The van der Waals surface area contributed by atoms with Crippen molar-refractivity contribution in [1.82, 2.24) is 9.88 Å². The number of hydrogen-bond donors (Lipinski definition) is 2. The van der Waals surface area contributed by atoms with Gasteiger partial charge in [0.15, 0.2) is 18.9 Å². The molecule has 0 fully saturated rings. The van der Waals surface area contributed by atoms with Crippen LogP contribution >= 0.6 is 37.7 Å². The number of H-pyrrole nitrogens is 1. The van der Waals surface area contributed by atoms with Crippen molar-refractivity contribution in [2.75, 3.05) is 19.6 Å². The third-order valence-electron chi connectivity index (χ3n) is 5.93. The average molecular weight is 700 g/mol. The van der Waals surface area contributed by atoms with Gasteiger partial charge in [-0.1, -0.05) is 13.8 Å². The molecule has 9 heteroatoms. The topological polar surface area (TPSA) is 43.1 Å². The molecule has 2 heterocycles. The smallest absolute Gasteiger partial charge is 1.00 e. The average Bonchev–Trinajstić information content (AvgIpc) is 3.10. The van der Waals surface area contributed by atoms with Crippen molar-refractivity contribution in [3.05, 3.63) is 47.8 Å². The Labute approximate surface area is 209 Å². The molecule has 4 nitrogen and oxygen atoms in total. The van der Waals surface area contributed by atoms with Crippen LogP contribution in [0.3, 0.4) is 0 Å². The van der Waals surface area contributed by atoms with E-state index in [4.69, 9.17) is 37.7 Å². The van der Waals surface area contributed by atoms with E-state index in [0.717, 1.165) is 37.1 Å². The van der Waals surface area contributed by atoms with Crippen LogP contribution in [0.4, 0.5) is 0 Å². The zero-order valence-corrected chi connectivity index (χ0v) is 23.8. The van der Waals surface area contributed by atoms with Gasteiger partial charge in [0, 0.05) is 27.7 Å². The van der Waals surface area contributed by atoms with Crippen LogP contribution in [0.1, 0.15) is 26.4 Å². The fourth-order valence-corrected chi connectivity index (χ4v) is 4.22. The zero-order valence-electron chi connectivity index (χ0n) is 19.5. The fraction of sp³-hybridized carbons (Fsp3) is 0.348. The van der Waals surface area contributed by atoms with Gasteiger partial charge in [-0.2, -0.15) is 0 Å². The molecule has 0 aliphatic rings. The van der Waals surface area contributed by atoms with E-state index < -0.39 is 11.9 Å². The number of nitrogens with one attached hydrogen (secondary N) is 1. The summed E-state index contributed by atoms with van der Waals surface area (Å²) >= 11 is -3.06. The Kier molecular flexibility index (Phi) is 8.63. The minimum Gasteiger partial charge on any atom is 1.00 e. The molecular formula is C23H29Cl4N3OPt. The third kappa shape index (κ3) is 6.03. The summed E-state index contributed by atoms with van der Waals surface area (Å²) in [6.07, 6.45) is 4.47. The van der Waals surface area contributed by atoms with E-state index in [1.165, 1.54) is 32.8 Å². The number of aromatic amines is 1. The van der Waals surface area contributed by atoms with Crippen molar-refractivity contribution in [2.45, 2.75) is 34.2 Å². The predicted octanol–water partition coefficient (Wildman–Crippen LogP) is 7.29. The molecule has 0 bridgehead atoms. The Morgan fingerprint density at radius 3 is 2.28 bits per heavy atom. The van der Waals surface area contributed by atoms with Gasteiger partial charge in [-0.3, -0.25) is 4.90 Å². The minimum atomic E-state index is -3.06. The molecule has 0 spiro atoms. The van der Waals surface area contributed by atoms with E-state index in [0.29, 0.717) is 5.75 Å². The van der Waals surface area contributed by atoms with Crippen LogP contribution in [0.5, 0.6) is 5.75 Å². The van der Waals surface area contributed by atoms with E-state index >= 15 is 0 Å². The van der Waals surface area contributed by atoms with Crippen molar-refractivity contribution in [3.8, 4) is 5.75 Å². The number of nitrogens with zero attached hydrogens (tertiary/aromatic N) is 2. The standard InChI is InChI=1S/C23H27N3O.4ClH.Pt/c1-5-25(6-2)11-12-26-10-9-18-16(4)23-22(15(3)20(18)14-26)19-13-17(27)7-8-21(19)24-23;;;;;/h7-10,13-14,27H,5-6,11-12H2,1-4H3;4*1H;/q;;;;;+2/p-2. The summed E-state index contributed by atoms with van der Waals surface area (Å²) in [4.78, 5) is 6.00. The maximum atomic E-state index is 9.97. The molecule has 0 saturated heterocycles. The summed E-state index contributed by atoms with van der Waals surface area (Å²) < 4.78 is 2.30. The first-order valence-corrected chi connectivity index (χ1v) is 21.6. The summed E-state index contributed by atoms with van der Waals surface area (Å²) in [7, 11) is 20.0. The van der Waals surface area contributed by atoms with E-state index in [9.17, 15) is 5.11 Å². The first-order chi connectivity index (χ1) is 15.0. The second kappa shape index (κ2) is 10.7. The van der Waals surface area contributed by atoms with E-state index in [1.807, 2.05) is 12.1 Å². The number of benzene rings is 2. The Morgan fingerprint density at radius 1 is 1.00 bits per heavy atom. The molecule has 2 aromatic carbocycles. The number of rotatable bonds is 5. The van der Waals surface area contributed by atoms with Crippen molar-refractivity contribution in [2.24, 2.45) is 0 Å². The summed E-state index contributed by atoms with van der Waals surface area (Å²) in [6.45, 7) is 13.0. The number of phenolic OH excluding ortho intramolecular Hbond substituents is 1. The van der Waals surface area contributed by atoms with E-state index in [-0.39, 0.29) is 1.43 Å². The molecule has 0 saturated carbocycles. The van der Waals surface area contributed by atoms with E-state index in [1.54, 1.807) is 6.07 Å². The second-order valence-electron chi connectivity index (χ2n) is 7.66. The number of pyridine rings is 1. The molecule has 0 aliphatic heterocycles. The number of halogens is 4. The van der Waals surface area contributed by atoms with Crippen LogP contribution in [0.2, 0.25) is 0 Å². The predicted molar refractivity (Wildman–Crippen MR) is 137 cm³/mol. The number of aromatic hydroxyl groups is 1. The van der Waals surface area contributed by atoms with Crippen LogP contribution in [0, 0.1) is 13.8 Å². The van der Waals surface area contributed by atoms with Gasteiger partial charge in [0.25, 0.3) is 0 Å². The Hall–Kier alpha value is -0.742. The summed E-state index contributed by atoms with van der Waals surface area (Å²) in [5.74, 6) is 0.308. The molecule has 0 atom stereocenters. The Balaban J connectivity index is 0.000000583. The van der Waals surface area contributed by atoms with E-state index in [2.05, 4.69) is 60.6 Å². The number of aromatic nitrogens is 2. The SMILES string of the molecule is CCN(CC)CC[n+]1ccc2c(C)c3[nH]c4ccc(O)cc4c3c(C)c2c1.[Cl][Pt-2]([Cl])([Cl])[Cl].[H+]. The van der Waals surface area contributed by atoms with Gasteiger partial charge in [0.2, 0.25) is 0 Å². The molecular weight excluding hydrogens is 671 g/mol. The van der Waals surface area contributed by atoms with Crippen molar-refractivity contribution in [3.63, 3.8) is 0 Å². The van der Waals surface area contributed by atoms with Gasteiger partial charge in [-0.05, 0) is 61.6 Å². The molecule has 2 aromatic heterocycles. The van der Waals surface area contributed by atoms with Gasteiger partial charge in [-0.15, -0.1) is 0 Å². The van der Waals surface area contributed by atoms with Crippen LogP contribution in [0.25, 0.3) is 32.6 Å². The quantitative estimate of drug-likeness (QED) is 0.215. The molecule has 4 aromatic rings. The molecule has 0 aliphatic carbocycles. The van der Waals surface area contributed by atoms with Crippen LogP contribution in [-0.2, 0) is 18.4 Å². The molecule has 0 radical (unpaired) electrons. The molecule has 0 amide bonds. The number of hydrogen-bond acceptors (Lipinski definition) is 2. The molecule has 180 valence electrons. The van der Waals surface area contributed by atoms with Gasteiger partial charge in [-0.25, -0.2) is 4.57 Å². The van der Waals surface area contributed by atoms with Gasteiger partial charge >= 0.3 is 51.0 Å². The summed E-state index contributed by atoms with van der Waals surface area (Å²) in [6, 6.07) is 7.80. The van der Waals surface area contributed by atoms with Crippen molar-refractivity contribution < 1.29 is 23.0 Å². The maximum absolute atomic E-state index is 9.97. The number of phenols is 1. The third-order valence-corrected chi connectivity index (χ3v) is 5.93. The summed E-state index contributed by atoms with van der Waals surface area (Å²) in [5, 5.41) is 14.8. The van der Waals surface area contributed by atoms with Crippen molar-refractivity contribution >= 4 is 70.3 Å². The number of fused-ring (bicyclic) bond motifs is 4. The zero-order chi connectivity index (χ0) is 23.6. The number of likely N-dealkylation sites (N-methyl/N-ethyl adjacent to an activating group) is 1. The van der Waals surface area contributed by atoms with Crippen LogP contribution < -0.4 is 4.57 Å². The molecule has 4 rings (SSSR count). The summed E-state index contributed by atoms with van der Waals surface area (Å²) in [5.41, 5.74) is 4.76. The normalized spacial score (nSPS) is 12.5. The molecule has 32 heavy (non-hydrogen) atoms. The first kappa shape index (κ1) is 25.9. The number of aryl methyl sites for hydroxylation is 2.